The number of rotatable bonds is 4. The number of hydrogen-bond donors (Lipinski definition) is 1. The molecule has 2 aromatic carbocycles. The summed E-state index contributed by atoms with van der Waals surface area (Å²) in [5.74, 6) is -1.80. The summed E-state index contributed by atoms with van der Waals surface area (Å²) in [6, 6.07) is 5.97. The molecule has 25 heavy (non-hydrogen) atoms. The van der Waals surface area contributed by atoms with E-state index in [0.29, 0.717) is 9.99 Å². The summed E-state index contributed by atoms with van der Waals surface area (Å²) in [6.07, 6.45) is 1.47. The van der Waals surface area contributed by atoms with Crippen molar-refractivity contribution in [2.24, 2.45) is 13.0 Å². The highest BCUT2D eigenvalue weighted by atomic mass is 79.9. The van der Waals surface area contributed by atoms with Gasteiger partial charge in [0.15, 0.2) is 11.6 Å². The van der Waals surface area contributed by atoms with Crippen molar-refractivity contribution >= 4 is 44.1 Å². The number of anilines is 2. The lowest BCUT2D eigenvalue weighted by Crippen LogP contribution is -2.12. The standard InChI is InChI=1S/C18H16BrF2N3O/c1-9(2)18(25)11-7-14-17(22-8-24(14)3)15(21)16(11)23-13-5-4-10(19)6-12(13)20/h4-9,23H,1-3H3. The van der Waals surface area contributed by atoms with Gasteiger partial charge in [-0.3, -0.25) is 4.79 Å². The van der Waals surface area contributed by atoms with Crippen LogP contribution in [0.4, 0.5) is 20.2 Å². The van der Waals surface area contributed by atoms with Gasteiger partial charge in [-0.2, -0.15) is 0 Å². The number of nitrogens with one attached hydrogen (secondary N) is 1. The lowest BCUT2D eigenvalue weighted by molar-refractivity contribution is 0.0940. The Hall–Kier alpha value is -2.28. The monoisotopic (exact) mass is 407 g/mol. The highest BCUT2D eigenvalue weighted by Crippen LogP contribution is 2.33. The van der Waals surface area contributed by atoms with Gasteiger partial charge in [-0.1, -0.05) is 29.8 Å². The van der Waals surface area contributed by atoms with Crippen LogP contribution in [0.2, 0.25) is 0 Å². The fraction of sp³-hybridized carbons (Fsp3) is 0.222. The van der Waals surface area contributed by atoms with Gasteiger partial charge >= 0.3 is 0 Å². The van der Waals surface area contributed by atoms with Gasteiger partial charge in [0.2, 0.25) is 0 Å². The molecular weight excluding hydrogens is 392 g/mol. The van der Waals surface area contributed by atoms with Gasteiger partial charge < -0.3 is 9.88 Å². The molecule has 0 aliphatic heterocycles. The van der Waals surface area contributed by atoms with Crippen LogP contribution in [0.1, 0.15) is 24.2 Å². The molecule has 0 unspecified atom stereocenters. The van der Waals surface area contributed by atoms with Crippen molar-refractivity contribution in [3.8, 4) is 0 Å². The summed E-state index contributed by atoms with van der Waals surface area (Å²) in [5, 5.41) is 2.73. The van der Waals surface area contributed by atoms with Crippen LogP contribution >= 0.6 is 15.9 Å². The van der Waals surface area contributed by atoms with E-state index in [0.717, 1.165) is 0 Å². The molecule has 0 amide bonds. The van der Waals surface area contributed by atoms with Crippen LogP contribution in [0.5, 0.6) is 0 Å². The quantitative estimate of drug-likeness (QED) is 0.604. The number of ketones is 1. The van der Waals surface area contributed by atoms with Gasteiger partial charge in [0, 0.05) is 23.0 Å². The predicted octanol–water partition coefficient (Wildman–Crippen LogP) is 5.20. The number of imidazole rings is 1. The van der Waals surface area contributed by atoms with E-state index >= 15 is 4.39 Å². The zero-order valence-corrected chi connectivity index (χ0v) is 15.5. The van der Waals surface area contributed by atoms with E-state index in [9.17, 15) is 9.18 Å². The zero-order valence-electron chi connectivity index (χ0n) is 13.9. The van der Waals surface area contributed by atoms with E-state index in [2.05, 4.69) is 26.2 Å². The third-order valence-electron chi connectivity index (χ3n) is 3.94. The number of aryl methyl sites for hydroxylation is 1. The molecule has 0 atom stereocenters. The lowest BCUT2D eigenvalue weighted by atomic mass is 9.98. The maximum absolute atomic E-state index is 15.0. The van der Waals surface area contributed by atoms with Crippen LogP contribution in [0.25, 0.3) is 11.0 Å². The Kier molecular flexibility index (Phi) is 4.60. The van der Waals surface area contributed by atoms with E-state index in [1.807, 2.05) is 0 Å². The SMILES string of the molecule is CC(C)C(=O)c1cc2c(ncn2C)c(F)c1Nc1ccc(Br)cc1F. The molecule has 0 aliphatic carbocycles. The molecule has 4 nitrogen and oxygen atoms in total. The maximum atomic E-state index is 15.0. The highest BCUT2D eigenvalue weighted by Gasteiger charge is 2.23. The predicted molar refractivity (Wildman–Crippen MR) is 97.2 cm³/mol. The molecule has 0 saturated carbocycles. The second kappa shape index (κ2) is 6.55. The Morgan fingerprint density at radius 1 is 1.28 bits per heavy atom. The fourth-order valence-electron chi connectivity index (χ4n) is 2.58. The van der Waals surface area contributed by atoms with Gasteiger partial charge in [0.25, 0.3) is 0 Å². The summed E-state index contributed by atoms with van der Waals surface area (Å²) in [4.78, 5) is 16.6. The average molecular weight is 408 g/mol. The Balaban J connectivity index is 2.22. The number of halogens is 3. The maximum Gasteiger partial charge on any atom is 0.175 e. The van der Waals surface area contributed by atoms with Crippen molar-refractivity contribution in [1.29, 1.82) is 0 Å². The van der Waals surface area contributed by atoms with E-state index in [1.54, 1.807) is 37.6 Å². The summed E-state index contributed by atoms with van der Waals surface area (Å²) >= 11 is 3.18. The van der Waals surface area contributed by atoms with Crippen LogP contribution in [-0.4, -0.2) is 15.3 Å². The van der Waals surface area contributed by atoms with Gasteiger partial charge in [-0.15, -0.1) is 0 Å². The Labute approximate surface area is 152 Å². The number of carbonyl (C=O) groups excluding carboxylic acids is 1. The molecule has 1 N–H and O–H groups in total. The first-order valence-corrected chi connectivity index (χ1v) is 8.48. The van der Waals surface area contributed by atoms with E-state index in [4.69, 9.17) is 0 Å². The molecule has 3 rings (SSSR count). The van der Waals surface area contributed by atoms with E-state index in [-0.39, 0.29) is 34.2 Å². The fourth-order valence-corrected chi connectivity index (χ4v) is 2.91. The van der Waals surface area contributed by atoms with Crippen LogP contribution in [0.15, 0.2) is 35.1 Å². The Morgan fingerprint density at radius 2 is 2.00 bits per heavy atom. The molecule has 0 fully saturated rings. The van der Waals surface area contributed by atoms with E-state index < -0.39 is 11.6 Å². The van der Waals surface area contributed by atoms with E-state index in [1.165, 1.54) is 18.5 Å². The summed E-state index contributed by atoms with van der Waals surface area (Å²) in [6.45, 7) is 3.47. The third kappa shape index (κ3) is 3.16. The number of hydrogen-bond acceptors (Lipinski definition) is 3. The number of aromatic nitrogens is 2. The minimum atomic E-state index is -0.676. The smallest absolute Gasteiger partial charge is 0.175 e. The van der Waals surface area contributed by atoms with Crippen molar-refractivity contribution in [1.82, 2.24) is 9.55 Å². The van der Waals surface area contributed by atoms with Crippen LogP contribution in [0.3, 0.4) is 0 Å². The molecule has 1 aromatic heterocycles. The number of benzene rings is 2. The number of nitrogens with zero attached hydrogens (tertiary/aromatic N) is 2. The third-order valence-corrected chi connectivity index (χ3v) is 4.43. The Bertz CT molecular complexity index is 982. The second-order valence-corrected chi connectivity index (χ2v) is 7.02. The number of fused-ring (bicyclic) bond motifs is 1. The first kappa shape index (κ1) is 17.5. The number of carbonyl (C=O) groups is 1. The summed E-state index contributed by atoms with van der Waals surface area (Å²) < 4.78 is 31.4. The molecule has 1 heterocycles. The molecule has 0 spiro atoms. The second-order valence-electron chi connectivity index (χ2n) is 6.10. The first-order valence-electron chi connectivity index (χ1n) is 7.69. The van der Waals surface area contributed by atoms with Crippen molar-refractivity contribution in [2.75, 3.05) is 5.32 Å². The molecule has 130 valence electrons. The van der Waals surface area contributed by atoms with Crippen molar-refractivity contribution < 1.29 is 13.6 Å². The first-order chi connectivity index (χ1) is 11.8. The van der Waals surface area contributed by atoms with Crippen molar-refractivity contribution in [2.45, 2.75) is 13.8 Å². The van der Waals surface area contributed by atoms with Gasteiger partial charge in [0.05, 0.1) is 23.2 Å². The normalized spacial score (nSPS) is 11.3. The molecule has 0 bridgehead atoms. The zero-order chi connectivity index (χ0) is 18.3. The van der Waals surface area contributed by atoms with Crippen molar-refractivity contribution in [3.05, 3.63) is 52.3 Å². The topological polar surface area (TPSA) is 46.9 Å². The van der Waals surface area contributed by atoms with Crippen LogP contribution in [-0.2, 0) is 7.05 Å². The molecule has 3 aromatic rings. The van der Waals surface area contributed by atoms with Gasteiger partial charge in [-0.05, 0) is 24.3 Å². The van der Waals surface area contributed by atoms with Gasteiger partial charge in [0.1, 0.15) is 11.3 Å². The molecular formula is C18H16BrF2N3O. The lowest BCUT2D eigenvalue weighted by Gasteiger charge is -2.15. The van der Waals surface area contributed by atoms with Crippen molar-refractivity contribution in [3.63, 3.8) is 0 Å². The summed E-state index contributed by atoms with van der Waals surface area (Å²) in [7, 11) is 1.72. The minimum Gasteiger partial charge on any atom is -0.350 e. The molecule has 0 aliphatic rings. The van der Waals surface area contributed by atoms with Gasteiger partial charge in [-0.25, -0.2) is 13.8 Å². The average Bonchev–Trinajstić information content (AvgIpc) is 2.92. The minimum absolute atomic E-state index is 0.0638. The molecule has 0 saturated heterocycles. The highest BCUT2D eigenvalue weighted by molar-refractivity contribution is 9.10. The summed E-state index contributed by atoms with van der Waals surface area (Å²) in [5.41, 5.74) is 0.818. The largest absolute Gasteiger partial charge is 0.350 e. The van der Waals surface area contributed by atoms with Crippen LogP contribution in [0, 0.1) is 17.6 Å². The van der Waals surface area contributed by atoms with Crippen LogP contribution < -0.4 is 5.32 Å². The molecule has 0 radical (unpaired) electrons. The number of Topliss-reactive ketones (excluding diaryl/α,β-unsaturated/α-hetero) is 1. The Morgan fingerprint density at radius 3 is 2.64 bits per heavy atom. The molecule has 7 heteroatoms.